The summed E-state index contributed by atoms with van der Waals surface area (Å²) in [6, 6.07) is 0. The third-order valence-electron chi connectivity index (χ3n) is 12.3. The molecule has 0 aromatic carbocycles. The van der Waals surface area contributed by atoms with E-state index in [1.54, 1.807) is 6.92 Å². The Morgan fingerprint density at radius 1 is 0.914 bits per heavy atom. The summed E-state index contributed by atoms with van der Waals surface area (Å²) < 4.78 is 5.76. The van der Waals surface area contributed by atoms with Gasteiger partial charge in [-0.25, -0.2) is 15.0 Å². The van der Waals surface area contributed by atoms with Crippen LogP contribution in [0.4, 0.5) is 0 Å². The number of carbonyl (C=O) groups excluding carboxylic acids is 1. The summed E-state index contributed by atoms with van der Waals surface area (Å²) in [4.78, 5) is 28.8. The van der Waals surface area contributed by atoms with E-state index in [1.807, 2.05) is 19.1 Å². The van der Waals surface area contributed by atoms with Crippen molar-refractivity contribution < 1.29 is 19.7 Å². The van der Waals surface area contributed by atoms with Crippen LogP contribution in [0.1, 0.15) is 133 Å². The Hall–Kier alpha value is -4.82. The van der Waals surface area contributed by atoms with Gasteiger partial charge in [0.05, 0.1) is 40.3 Å². The molecule has 58 heavy (non-hydrogen) atoms. The Balaban J connectivity index is 1.29. The molecule has 0 aromatic heterocycles. The average Bonchev–Trinajstić information content (AvgIpc) is 3.92. The number of rotatable bonds is 15. The lowest BCUT2D eigenvalue weighted by molar-refractivity contribution is -0.142. The molecule has 5 heterocycles. The molecule has 6 aliphatic rings. The van der Waals surface area contributed by atoms with E-state index in [-0.39, 0.29) is 30.8 Å². The number of hydrogen-bond acceptors (Lipinski definition) is 8. The van der Waals surface area contributed by atoms with Gasteiger partial charge in [0.1, 0.15) is 12.4 Å². The van der Waals surface area contributed by atoms with Crippen LogP contribution in [0, 0.1) is 11.8 Å². The molecule has 0 radical (unpaired) electrons. The summed E-state index contributed by atoms with van der Waals surface area (Å²) in [6.45, 7) is 21.2. The number of nitrogens with one attached hydrogen (secondary N) is 1. The second kappa shape index (κ2) is 18.4. The van der Waals surface area contributed by atoms with Crippen molar-refractivity contribution in [1.29, 1.82) is 0 Å². The lowest BCUT2D eigenvalue weighted by atomic mass is 9.86. The highest BCUT2D eigenvalue weighted by molar-refractivity contribution is 6.21. The van der Waals surface area contributed by atoms with Gasteiger partial charge in [0.2, 0.25) is 0 Å². The first kappa shape index (κ1) is 42.8. The maximum Gasteiger partial charge on any atom is 0.306 e. The van der Waals surface area contributed by atoms with E-state index in [4.69, 9.17) is 19.7 Å². The van der Waals surface area contributed by atoms with Gasteiger partial charge < -0.3 is 20.3 Å². The first-order valence-corrected chi connectivity index (χ1v) is 21.5. The number of nitrogens with zero attached hydrogens (tertiary/aromatic N) is 3. The molecule has 8 nitrogen and oxygen atoms in total. The van der Waals surface area contributed by atoms with E-state index in [1.165, 1.54) is 16.7 Å². The number of aliphatic hydroxyl groups excluding tert-OH is 2. The van der Waals surface area contributed by atoms with Gasteiger partial charge >= 0.3 is 5.97 Å². The van der Waals surface area contributed by atoms with E-state index in [9.17, 15) is 15.0 Å². The summed E-state index contributed by atoms with van der Waals surface area (Å²) in [7, 11) is 0. The standard InChI is InChI=1S/C50H64N4O4/c1-11-15-37-43-27-42-35(12-2)31(7)39(51-42)26-44-47(34(10)55)33(9)41(52-44)25-40-32(8)36(49(53-40)38-24-45(56)48(37)50(38)54-43)20-21-46(57)58-23-22-30(6)19-14-18-29(5)17-13-16-28(3)4/h16,18,22,25-27,32,34,36,53,55-56H,11-15,17,19-21,23-24H2,1-10H3/b29-18+,30-22+,40-25?,42-27?,44-26?,49-38?/t32-,34+,36-/m0/s1. The van der Waals surface area contributed by atoms with Crippen molar-refractivity contribution in [2.75, 3.05) is 6.61 Å². The zero-order chi connectivity index (χ0) is 41.8. The minimum atomic E-state index is -0.716. The molecule has 3 atom stereocenters. The quantitative estimate of drug-likeness (QED) is 0.113. The largest absolute Gasteiger partial charge is 0.511 e. The predicted octanol–water partition coefficient (Wildman–Crippen LogP) is 11.6. The molecule has 6 rings (SSSR count). The summed E-state index contributed by atoms with van der Waals surface area (Å²) >= 11 is 0. The van der Waals surface area contributed by atoms with Crippen LogP contribution < -0.4 is 5.32 Å². The molecule has 8 bridgehead atoms. The number of aliphatic imine (C=N–C) groups is 3. The lowest BCUT2D eigenvalue weighted by Gasteiger charge is -2.17. The van der Waals surface area contributed by atoms with Crippen LogP contribution >= 0.6 is 0 Å². The first-order chi connectivity index (χ1) is 27.7. The fraction of sp³-hybridized carbons (Fsp3) is 0.480. The number of ether oxygens (including phenoxy) is 1. The van der Waals surface area contributed by atoms with E-state index in [2.05, 4.69) is 85.0 Å². The van der Waals surface area contributed by atoms with Crippen molar-refractivity contribution in [3.8, 4) is 0 Å². The van der Waals surface area contributed by atoms with E-state index < -0.39 is 6.10 Å². The highest BCUT2D eigenvalue weighted by Crippen LogP contribution is 2.47. The average molecular weight is 785 g/mol. The third kappa shape index (κ3) is 9.07. The normalized spacial score (nSPS) is 22.3. The molecule has 0 saturated carbocycles. The molecule has 8 heteroatoms. The van der Waals surface area contributed by atoms with Crippen LogP contribution in [0.25, 0.3) is 0 Å². The smallest absolute Gasteiger partial charge is 0.306 e. The van der Waals surface area contributed by atoms with Gasteiger partial charge in [0, 0.05) is 52.8 Å². The zero-order valence-corrected chi connectivity index (χ0v) is 36.5. The van der Waals surface area contributed by atoms with Gasteiger partial charge in [0.25, 0.3) is 0 Å². The maximum absolute atomic E-state index is 13.3. The van der Waals surface area contributed by atoms with Crippen LogP contribution in [-0.2, 0) is 9.53 Å². The van der Waals surface area contributed by atoms with Gasteiger partial charge in [-0.3, -0.25) is 4.79 Å². The van der Waals surface area contributed by atoms with Crippen molar-refractivity contribution in [3.05, 3.63) is 126 Å². The van der Waals surface area contributed by atoms with Crippen molar-refractivity contribution in [3.63, 3.8) is 0 Å². The van der Waals surface area contributed by atoms with Gasteiger partial charge in [-0.1, -0.05) is 56.1 Å². The number of aliphatic hydroxyl groups is 2. The Kier molecular flexibility index (Phi) is 13.6. The molecular weight excluding hydrogens is 721 g/mol. The molecule has 0 spiro atoms. The number of carbonyl (C=O) groups is 1. The summed E-state index contributed by atoms with van der Waals surface area (Å²) in [6.07, 6.45) is 19.9. The van der Waals surface area contributed by atoms with E-state index in [0.29, 0.717) is 18.6 Å². The molecular formula is C50H64N4O4. The summed E-state index contributed by atoms with van der Waals surface area (Å²) in [5, 5.41) is 26.4. The summed E-state index contributed by atoms with van der Waals surface area (Å²) in [5.41, 5.74) is 17.6. The number of fused-ring (bicyclic) bond motifs is 5. The van der Waals surface area contributed by atoms with Gasteiger partial charge in [-0.15, -0.1) is 0 Å². The van der Waals surface area contributed by atoms with Gasteiger partial charge in [-0.05, 0) is 140 Å². The second-order valence-electron chi connectivity index (χ2n) is 17.0. The van der Waals surface area contributed by atoms with Crippen molar-refractivity contribution >= 4 is 23.1 Å². The second-order valence-corrected chi connectivity index (χ2v) is 17.0. The Morgan fingerprint density at radius 2 is 1.60 bits per heavy atom. The fourth-order valence-corrected chi connectivity index (χ4v) is 9.00. The van der Waals surface area contributed by atoms with Gasteiger partial charge in [0.15, 0.2) is 0 Å². The minimum Gasteiger partial charge on any atom is -0.511 e. The molecule has 0 aromatic rings. The highest BCUT2D eigenvalue weighted by Gasteiger charge is 2.42. The van der Waals surface area contributed by atoms with Crippen LogP contribution in [0.15, 0.2) is 141 Å². The Bertz CT molecular complexity index is 2190. The number of hydrogen-bond donors (Lipinski definition) is 3. The van der Waals surface area contributed by atoms with Crippen LogP contribution in [-0.4, -0.2) is 46.0 Å². The van der Waals surface area contributed by atoms with E-state index in [0.717, 1.165) is 130 Å². The molecule has 1 fully saturated rings. The molecule has 0 unspecified atom stereocenters. The minimum absolute atomic E-state index is 0.0146. The molecule has 1 saturated heterocycles. The topological polar surface area (TPSA) is 116 Å². The Labute approximate surface area is 346 Å². The third-order valence-corrected chi connectivity index (χ3v) is 12.3. The maximum atomic E-state index is 13.3. The fourth-order valence-electron chi connectivity index (χ4n) is 9.00. The number of allylic oxidation sites excluding steroid dienone is 16. The Morgan fingerprint density at radius 3 is 2.29 bits per heavy atom. The molecule has 5 aliphatic heterocycles. The number of esters is 1. The van der Waals surface area contributed by atoms with Crippen LogP contribution in [0.5, 0.6) is 0 Å². The monoisotopic (exact) mass is 784 g/mol. The van der Waals surface area contributed by atoms with Crippen molar-refractivity contribution in [2.45, 2.75) is 140 Å². The van der Waals surface area contributed by atoms with Crippen molar-refractivity contribution in [1.82, 2.24) is 5.32 Å². The lowest BCUT2D eigenvalue weighted by Crippen LogP contribution is -2.16. The van der Waals surface area contributed by atoms with Crippen LogP contribution in [0.2, 0.25) is 0 Å². The molecule has 1 aliphatic carbocycles. The summed E-state index contributed by atoms with van der Waals surface area (Å²) in [5.74, 6) is 0.0876. The SMILES string of the molecule is CCCC1=C2C=C3N=C(C=C4N=C(C=C5NC(=C6CC(O)=C1C6=N2)[C@@H](CCC(=O)OC/C=C(\C)CC/C=C(\C)CCC=C(C)C)[C@@H]5C)C(C)=C4[C@@H](C)O)C(C)=C3CC. The highest BCUT2D eigenvalue weighted by atomic mass is 16.5. The molecule has 0 amide bonds. The molecule has 308 valence electrons. The molecule has 3 N–H and O–H groups in total. The van der Waals surface area contributed by atoms with Crippen LogP contribution in [0.3, 0.4) is 0 Å². The van der Waals surface area contributed by atoms with Crippen molar-refractivity contribution in [2.24, 2.45) is 26.8 Å². The van der Waals surface area contributed by atoms with E-state index >= 15 is 0 Å². The first-order valence-electron chi connectivity index (χ1n) is 21.5. The van der Waals surface area contributed by atoms with Gasteiger partial charge in [-0.2, -0.15) is 0 Å². The zero-order valence-electron chi connectivity index (χ0n) is 36.5. The predicted molar refractivity (Wildman–Crippen MR) is 239 cm³/mol.